The highest BCUT2D eigenvalue weighted by Crippen LogP contribution is 2.37. The van der Waals surface area contributed by atoms with Crippen LogP contribution < -0.4 is 5.32 Å². The van der Waals surface area contributed by atoms with E-state index in [-0.39, 0.29) is 11.2 Å². The van der Waals surface area contributed by atoms with Gasteiger partial charge in [-0.2, -0.15) is 0 Å². The van der Waals surface area contributed by atoms with E-state index in [4.69, 9.17) is 0 Å². The first kappa shape index (κ1) is 15.0. The molecule has 1 heterocycles. The van der Waals surface area contributed by atoms with E-state index in [1.165, 1.54) is 10.5 Å². The van der Waals surface area contributed by atoms with Crippen LogP contribution in [0.15, 0.2) is 83.8 Å². The van der Waals surface area contributed by atoms with Gasteiger partial charge in [-0.3, -0.25) is 4.79 Å². The van der Waals surface area contributed by atoms with E-state index in [0.717, 1.165) is 23.2 Å². The predicted molar refractivity (Wildman–Crippen MR) is 100 cm³/mol. The molecule has 0 aliphatic carbocycles. The normalized spacial score (nSPS) is 15.8. The number of thioether (sulfide) groups is 1. The summed E-state index contributed by atoms with van der Waals surface area (Å²) in [5.74, 6) is 0.0691. The lowest BCUT2D eigenvalue weighted by atomic mass is 10.0. The zero-order valence-electron chi connectivity index (χ0n) is 13.1. The Bertz CT molecular complexity index is 851. The van der Waals surface area contributed by atoms with E-state index in [1.807, 2.05) is 54.6 Å². The summed E-state index contributed by atoms with van der Waals surface area (Å²) in [5, 5.41) is 3.06. The lowest BCUT2D eigenvalue weighted by Gasteiger charge is -2.14. The lowest BCUT2D eigenvalue weighted by molar-refractivity contribution is -0.115. The molecular formula is C21H17NOS. The molecule has 0 fully saturated rings. The Morgan fingerprint density at radius 2 is 1.58 bits per heavy atom. The van der Waals surface area contributed by atoms with E-state index in [1.54, 1.807) is 11.8 Å². The first-order valence-electron chi connectivity index (χ1n) is 8.01. The van der Waals surface area contributed by atoms with Crippen LogP contribution in [0.5, 0.6) is 0 Å². The summed E-state index contributed by atoms with van der Waals surface area (Å²) in [4.78, 5) is 14.0. The molecule has 0 radical (unpaired) electrons. The molecule has 1 atom stereocenters. The van der Waals surface area contributed by atoms with Gasteiger partial charge in [0, 0.05) is 16.1 Å². The van der Waals surface area contributed by atoms with Crippen molar-refractivity contribution in [3.8, 4) is 11.1 Å². The van der Waals surface area contributed by atoms with Crippen molar-refractivity contribution < 1.29 is 4.79 Å². The van der Waals surface area contributed by atoms with Crippen molar-refractivity contribution in [2.75, 3.05) is 5.32 Å². The van der Waals surface area contributed by atoms with Gasteiger partial charge in [0.25, 0.3) is 0 Å². The number of nitrogens with one attached hydrogen (secondary N) is 1. The average Bonchev–Trinajstić information content (AvgIpc) is 3.07. The Balaban J connectivity index is 1.56. The number of benzene rings is 3. The Morgan fingerprint density at radius 3 is 2.42 bits per heavy atom. The quantitative estimate of drug-likeness (QED) is 0.731. The number of amides is 1. The molecule has 1 unspecified atom stereocenters. The average molecular weight is 331 g/mol. The van der Waals surface area contributed by atoms with Gasteiger partial charge in [0.05, 0.1) is 5.25 Å². The van der Waals surface area contributed by atoms with Gasteiger partial charge in [-0.05, 0) is 29.7 Å². The van der Waals surface area contributed by atoms with Gasteiger partial charge >= 0.3 is 0 Å². The summed E-state index contributed by atoms with van der Waals surface area (Å²) in [6.07, 6.45) is 0.792. The van der Waals surface area contributed by atoms with Gasteiger partial charge < -0.3 is 5.32 Å². The smallest absolute Gasteiger partial charge is 0.238 e. The minimum Gasteiger partial charge on any atom is -0.325 e. The van der Waals surface area contributed by atoms with Gasteiger partial charge in [-0.1, -0.05) is 66.7 Å². The van der Waals surface area contributed by atoms with Crippen molar-refractivity contribution in [1.29, 1.82) is 0 Å². The molecule has 1 N–H and O–H groups in total. The van der Waals surface area contributed by atoms with Crippen molar-refractivity contribution in [3.63, 3.8) is 0 Å². The molecule has 1 amide bonds. The van der Waals surface area contributed by atoms with E-state index in [2.05, 4.69) is 29.6 Å². The fraction of sp³-hybridized carbons (Fsp3) is 0.0952. The highest BCUT2D eigenvalue weighted by Gasteiger charge is 2.28. The summed E-state index contributed by atoms with van der Waals surface area (Å²) >= 11 is 1.65. The third kappa shape index (κ3) is 2.95. The Hall–Kier alpha value is -2.52. The maximum absolute atomic E-state index is 12.7. The Morgan fingerprint density at radius 1 is 0.875 bits per heavy atom. The number of hydrogen-bond donors (Lipinski definition) is 1. The van der Waals surface area contributed by atoms with Crippen LogP contribution >= 0.6 is 11.8 Å². The number of rotatable bonds is 3. The fourth-order valence-corrected chi connectivity index (χ4v) is 4.20. The van der Waals surface area contributed by atoms with Crippen LogP contribution in [-0.4, -0.2) is 11.2 Å². The lowest BCUT2D eigenvalue weighted by Crippen LogP contribution is -2.24. The number of fused-ring (bicyclic) bond motifs is 1. The molecule has 2 nitrogen and oxygen atoms in total. The molecule has 0 saturated heterocycles. The van der Waals surface area contributed by atoms with Gasteiger partial charge in [-0.25, -0.2) is 0 Å². The van der Waals surface area contributed by atoms with Crippen molar-refractivity contribution in [1.82, 2.24) is 0 Å². The van der Waals surface area contributed by atoms with E-state index < -0.39 is 0 Å². The number of anilines is 1. The largest absolute Gasteiger partial charge is 0.325 e. The van der Waals surface area contributed by atoms with Gasteiger partial charge in [-0.15, -0.1) is 11.8 Å². The van der Waals surface area contributed by atoms with Crippen LogP contribution in [0.4, 0.5) is 5.69 Å². The SMILES string of the molecule is O=C(Nc1ccccc1-c1ccccc1)C1Cc2ccccc2S1. The molecule has 118 valence electrons. The first-order valence-corrected chi connectivity index (χ1v) is 8.89. The van der Waals surface area contributed by atoms with Gasteiger partial charge in [0.2, 0.25) is 5.91 Å². The third-order valence-corrected chi connectivity index (χ3v) is 5.53. The molecule has 0 bridgehead atoms. The molecule has 1 aliphatic rings. The van der Waals surface area contributed by atoms with Crippen LogP contribution in [-0.2, 0) is 11.2 Å². The molecule has 0 saturated carbocycles. The van der Waals surface area contributed by atoms with Crippen LogP contribution in [0.3, 0.4) is 0 Å². The fourth-order valence-electron chi connectivity index (χ4n) is 3.00. The summed E-state index contributed by atoms with van der Waals surface area (Å²) in [5.41, 5.74) is 4.28. The molecule has 3 heteroatoms. The highest BCUT2D eigenvalue weighted by molar-refractivity contribution is 8.01. The van der Waals surface area contributed by atoms with Gasteiger partial charge in [0.15, 0.2) is 0 Å². The molecule has 4 rings (SSSR count). The molecule has 3 aromatic rings. The summed E-state index contributed by atoms with van der Waals surface area (Å²) in [6, 6.07) is 26.4. The first-order chi connectivity index (χ1) is 11.8. The standard InChI is InChI=1S/C21H17NOS/c23-21(20-14-16-10-4-7-13-19(16)24-20)22-18-12-6-5-11-17(18)15-8-2-1-3-9-15/h1-13,20H,14H2,(H,22,23). The van der Waals surface area contributed by atoms with Crippen LogP contribution in [0, 0.1) is 0 Å². The molecule has 24 heavy (non-hydrogen) atoms. The third-order valence-electron chi connectivity index (χ3n) is 4.21. The second-order valence-corrected chi connectivity index (χ2v) is 7.06. The van der Waals surface area contributed by atoms with Crippen molar-refractivity contribution in [2.24, 2.45) is 0 Å². The minimum atomic E-state index is -0.0637. The predicted octanol–water partition coefficient (Wildman–Crippen LogP) is 5.01. The zero-order chi connectivity index (χ0) is 16.4. The van der Waals surface area contributed by atoms with Gasteiger partial charge in [0.1, 0.15) is 0 Å². The Labute approximate surface area is 145 Å². The second kappa shape index (κ2) is 6.54. The molecule has 1 aliphatic heterocycles. The number of para-hydroxylation sites is 1. The van der Waals surface area contributed by atoms with E-state index >= 15 is 0 Å². The molecule has 0 spiro atoms. The Kier molecular flexibility index (Phi) is 4.09. The minimum absolute atomic E-state index is 0.0637. The summed E-state index contributed by atoms with van der Waals surface area (Å²) in [6.45, 7) is 0. The van der Waals surface area contributed by atoms with Crippen LogP contribution in [0.25, 0.3) is 11.1 Å². The topological polar surface area (TPSA) is 29.1 Å². The molecular weight excluding hydrogens is 314 g/mol. The monoisotopic (exact) mass is 331 g/mol. The number of carbonyl (C=O) groups excluding carboxylic acids is 1. The second-order valence-electron chi connectivity index (χ2n) is 5.82. The van der Waals surface area contributed by atoms with Crippen LogP contribution in [0.2, 0.25) is 0 Å². The zero-order valence-corrected chi connectivity index (χ0v) is 13.9. The maximum Gasteiger partial charge on any atom is 0.238 e. The van der Waals surface area contributed by atoms with E-state index in [0.29, 0.717) is 0 Å². The van der Waals surface area contributed by atoms with Crippen molar-refractivity contribution in [3.05, 3.63) is 84.4 Å². The number of hydrogen-bond acceptors (Lipinski definition) is 2. The number of carbonyl (C=O) groups is 1. The summed E-state index contributed by atoms with van der Waals surface area (Å²) < 4.78 is 0. The van der Waals surface area contributed by atoms with E-state index in [9.17, 15) is 4.79 Å². The summed E-state index contributed by atoms with van der Waals surface area (Å²) in [7, 11) is 0. The van der Waals surface area contributed by atoms with Crippen molar-refractivity contribution in [2.45, 2.75) is 16.6 Å². The highest BCUT2D eigenvalue weighted by atomic mass is 32.2. The van der Waals surface area contributed by atoms with Crippen molar-refractivity contribution >= 4 is 23.4 Å². The molecule has 0 aromatic heterocycles. The van der Waals surface area contributed by atoms with Crippen LogP contribution in [0.1, 0.15) is 5.56 Å². The maximum atomic E-state index is 12.7. The molecule has 3 aromatic carbocycles.